The van der Waals surface area contributed by atoms with Crippen molar-refractivity contribution in [1.82, 2.24) is 0 Å². The van der Waals surface area contributed by atoms with Crippen LogP contribution in [-0.2, 0) is 9.84 Å². The molecule has 2 aromatic carbocycles. The van der Waals surface area contributed by atoms with E-state index >= 15 is 0 Å². The van der Waals surface area contributed by atoms with Crippen LogP contribution >= 0.6 is 22.7 Å². The first-order valence-corrected chi connectivity index (χ1v) is 11.4. The van der Waals surface area contributed by atoms with Crippen LogP contribution in [0.5, 0.6) is 11.5 Å². The molecule has 4 aromatic rings. The van der Waals surface area contributed by atoms with E-state index in [1.54, 1.807) is 36.4 Å². The van der Waals surface area contributed by atoms with E-state index in [2.05, 4.69) is 0 Å². The molecule has 0 spiro atoms. The Labute approximate surface area is 173 Å². The quantitative estimate of drug-likeness (QED) is 0.475. The summed E-state index contributed by atoms with van der Waals surface area (Å²) in [5.74, 6) is 1.08. The maximum Gasteiger partial charge on any atom is 0.251 e. The van der Waals surface area contributed by atoms with Crippen LogP contribution in [0.25, 0.3) is 20.2 Å². The minimum atomic E-state index is -4.31. The molecule has 2 aromatic heterocycles. The topological polar surface area (TPSA) is 86.7 Å². The van der Waals surface area contributed by atoms with Gasteiger partial charge in [0.05, 0.1) is 14.2 Å². The summed E-state index contributed by atoms with van der Waals surface area (Å²) < 4.78 is 36.8. The van der Waals surface area contributed by atoms with E-state index in [4.69, 9.17) is 9.47 Å². The molecule has 0 aliphatic rings. The molecular formula is C20H14O6S3. The van der Waals surface area contributed by atoms with E-state index < -0.39 is 29.1 Å². The molecule has 4 rings (SSSR count). The highest BCUT2D eigenvalue weighted by atomic mass is 32.2. The standard InChI is InChI=1S/C20H14O6S3/c1-25-13-3-5-15-11(7-13)9-17(19(21)27-15)29(23,24)18-10-12-8-14(26-2)4-6-16(12)28-20(18)22/h3-10H,1-2H3. The maximum absolute atomic E-state index is 13.2. The number of hydrogen-bond acceptors (Lipinski definition) is 8. The van der Waals surface area contributed by atoms with Crippen molar-refractivity contribution in [3.05, 3.63) is 67.6 Å². The molecule has 0 amide bonds. The van der Waals surface area contributed by atoms with E-state index in [1.165, 1.54) is 26.4 Å². The molecule has 0 fully saturated rings. The van der Waals surface area contributed by atoms with Crippen molar-refractivity contribution in [2.75, 3.05) is 14.2 Å². The summed E-state index contributed by atoms with van der Waals surface area (Å²) >= 11 is 1.63. The van der Waals surface area contributed by atoms with Crippen LogP contribution in [0.1, 0.15) is 0 Å². The first-order chi connectivity index (χ1) is 13.8. The van der Waals surface area contributed by atoms with Gasteiger partial charge in [0.25, 0.3) is 9.48 Å². The Morgan fingerprint density at radius 3 is 1.48 bits per heavy atom. The Hall–Kier alpha value is -2.75. The molecular weight excluding hydrogens is 432 g/mol. The van der Waals surface area contributed by atoms with Gasteiger partial charge in [-0.3, -0.25) is 9.59 Å². The van der Waals surface area contributed by atoms with Crippen molar-refractivity contribution in [3.8, 4) is 11.5 Å². The predicted molar refractivity (Wildman–Crippen MR) is 115 cm³/mol. The molecule has 0 radical (unpaired) electrons. The lowest BCUT2D eigenvalue weighted by Crippen LogP contribution is -2.18. The highest BCUT2D eigenvalue weighted by molar-refractivity contribution is 7.91. The fourth-order valence-electron chi connectivity index (χ4n) is 2.91. The molecule has 0 saturated carbocycles. The summed E-state index contributed by atoms with van der Waals surface area (Å²) in [6.45, 7) is 0. The summed E-state index contributed by atoms with van der Waals surface area (Å²) in [5.41, 5.74) is 0. The van der Waals surface area contributed by atoms with Gasteiger partial charge in [0.2, 0.25) is 9.84 Å². The molecule has 0 aliphatic heterocycles. The van der Waals surface area contributed by atoms with Crippen molar-refractivity contribution in [2.24, 2.45) is 0 Å². The zero-order valence-electron chi connectivity index (χ0n) is 15.3. The van der Waals surface area contributed by atoms with Crippen molar-refractivity contribution in [2.45, 2.75) is 9.79 Å². The van der Waals surface area contributed by atoms with Crippen LogP contribution in [-0.4, -0.2) is 22.6 Å². The number of benzene rings is 2. The normalized spacial score (nSPS) is 11.7. The lowest BCUT2D eigenvalue weighted by atomic mass is 10.2. The Kier molecular flexibility index (Phi) is 4.89. The maximum atomic E-state index is 13.2. The summed E-state index contributed by atoms with van der Waals surface area (Å²) in [5, 5.41) is 1.09. The molecule has 0 bridgehead atoms. The second kappa shape index (κ2) is 7.25. The van der Waals surface area contributed by atoms with Crippen LogP contribution in [0.3, 0.4) is 0 Å². The van der Waals surface area contributed by atoms with Crippen LogP contribution < -0.4 is 19.0 Å². The van der Waals surface area contributed by atoms with Gasteiger partial charge in [0, 0.05) is 9.40 Å². The zero-order chi connectivity index (χ0) is 20.8. The average Bonchev–Trinajstić information content (AvgIpc) is 2.71. The van der Waals surface area contributed by atoms with Crippen molar-refractivity contribution < 1.29 is 17.9 Å². The molecule has 0 atom stereocenters. The molecule has 9 heteroatoms. The number of sulfone groups is 1. The van der Waals surface area contributed by atoms with Crippen molar-refractivity contribution >= 4 is 52.7 Å². The molecule has 0 N–H and O–H groups in total. The number of fused-ring (bicyclic) bond motifs is 2. The Bertz CT molecular complexity index is 1370. The SMILES string of the molecule is COc1ccc2sc(=O)c(S(=O)(=O)c3cc4cc(OC)ccc4sc3=O)cc2c1. The molecule has 148 valence electrons. The van der Waals surface area contributed by atoms with Gasteiger partial charge in [-0.15, -0.1) is 0 Å². The minimum Gasteiger partial charge on any atom is -0.497 e. The van der Waals surface area contributed by atoms with E-state index in [0.29, 0.717) is 31.7 Å². The predicted octanol–water partition coefficient (Wildman–Crippen LogP) is 3.69. The van der Waals surface area contributed by atoms with E-state index in [0.717, 1.165) is 22.7 Å². The molecule has 29 heavy (non-hydrogen) atoms. The monoisotopic (exact) mass is 446 g/mol. The first kappa shape index (κ1) is 19.6. The molecule has 0 unspecified atom stereocenters. The smallest absolute Gasteiger partial charge is 0.251 e. The summed E-state index contributed by atoms with van der Waals surface area (Å²) in [7, 11) is -1.31. The molecule has 0 aliphatic carbocycles. The van der Waals surface area contributed by atoms with Crippen molar-refractivity contribution in [3.63, 3.8) is 0 Å². The lowest BCUT2D eigenvalue weighted by Gasteiger charge is -2.07. The van der Waals surface area contributed by atoms with E-state index in [1.807, 2.05) is 0 Å². The van der Waals surface area contributed by atoms with Crippen molar-refractivity contribution in [1.29, 1.82) is 0 Å². The van der Waals surface area contributed by atoms with E-state index in [-0.39, 0.29) is 0 Å². The Morgan fingerprint density at radius 2 is 1.10 bits per heavy atom. The van der Waals surface area contributed by atoms with Gasteiger partial charge in [0.15, 0.2) is 0 Å². The average molecular weight is 447 g/mol. The second-order valence-electron chi connectivity index (χ2n) is 6.11. The lowest BCUT2D eigenvalue weighted by molar-refractivity contribution is 0.415. The van der Waals surface area contributed by atoms with Crippen LogP contribution in [0.15, 0.2) is 67.9 Å². The third kappa shape index (κ3) is 3.41. The van der Waals surface area contributed by atoms with Crippen LogP contribution in [0.4, 0.5) is 0 Å². The highest BCUT2D eigenvalue weighted by Gasteiger charge is 2.26. The van der Waals surface area contributed by atoms with Gasteiger partial charge in [-0.05, 0) is 59.3 Å². The number of ether oxygens (including phenoxy) is 2. The summed E-state index contributed by atoms with van der Waals surface area (Å²) in [6, 6.07) is 12.7. The van der Waals surface area contributed by atoms with Gasteiger partial charge < -0.3 is 9.47 Å². The fourth-order valence-corrected chi connectivity index (χ4v) is 6.52. The molecule has 2 heterocycles. The Morgan fingerprint density at radius 1 is 0.690 bits per heavy atom. The zero-order valence-corrected chi connectivity index (χ0v) is 17.7. The van der Waals surface area contributed by atoms with Gasteiger partial charge in [-0.1, -0.05) is 22.7 Å². The van der Waals surface area contributed by atoms with Gasteiger partial charge in [-0.25, -0.2) is 8.42 Å². The second-order valence-corrected chi connectivity index (χ2v) is 10.0. The van der Waals surface area contributed by atoms with Crippen LogP contribution in [0, 0.1) is 0 Å². The fraction of sp³-hybridized carbons (Fsp3) is 0.100. The van der Waals surface area contributed by atoms with Gasteiger partial charge >= 0.3 is 0 Å². The summed E-state index contributed by atoms with van der Waals surface area (Å²) in [4.78, 5) is 24.3. The number of hydrogen-bond donors (Lipinski definition) is 0. The van der Waals surface area contributed by atoms with Gasteiger partial charge in [-0.2, -0.15) is 0 Å². The highest BCUT2D eigenvalue weighted by Crippen LogP contribution is 2.29. The first-order valence-electron chi connectivity index (χ1n) is 8.32. The minimum absolute atomic E-state index is 0.421. The third-order valence-electron chi connectivity index (χ3n) is 4.39. The Balaban J connectivity index is 1.97. The molecule has 0 saturated heterocycles. The van der Waals surface area contributed by atoms with Gasteiger partial charge in [0.1, 0.15) is 21.3 Å². The molecule has 6 nitrogen and oxygen atoms in total. The van der Waals surface area contributed by atoms with Crippen LogP contribution in [0.2, 0.25) is 0 Å². The third-order valence-corrected chi connectivity index (χ3v) is 8.41. The van der Waals surface area contributed by atoms with E-state index in [9.17, 15) is 18.0 Å². The number of rotatable bonds is 4. The largest absolute Gasteiger partial charge is 0.497 e. The summed E-state index contributed by atoms with van der Waals surface area (Å²) in [6.07, 6.45) is 0. The number of methoxy groups -OCH3 is 2.